The summed E-state index contributed by atoms with van der Waals surface area (Å²) in [5.41, 5.74) is 7.81. The van der Waals surface area contributed by atoms with Crippen molar-refractivity contribution in [2.75, 3.05) is 5.73 Å². The molecule has 0 unspecified atom stereocenters. The molecule has 6 atom stereocenters. The molecule has 3 N–H and O–H groups in total. The van der Waals surface area contributed by atoms with Crippen molar-refractivity contribution in [1.82, 2.24) is 0 Å². The molecule has 5 rings (SSSR count). The second kappa shape index (κ2) is 6.74. The van der Waals surface area contributed by atoms with E-state index in [-0.39, 0.29) is 5.41 Å². The Kier molecular flexibility index (Phi) is 4.40. The molecule has 0 bridgehead atoms. The first kappa shape index (κ1) is 18.9. The van der Waals surface area contributed by atoms with Crippen molar-refractivity contribution in [2.24, 2.45) is 29.1 Å². The minimum Gasteiger partial charge on any atom is -0.399 e. The fourth-order valence-corrected chi connectivity index (χ4v) is 7.19. The molecule has 3 saturated carbocycles. The first-order valence-electron chi connectivity index (χ1n) is 11.2. The normalized spacial score (nSPS) is 40.8. The monoisotopic (exact) mass is 389 g/mol. The number of fused-ring (bicyclic) bond motifs is 5. The molecule has 29 heavy (non-hydrogen) atoms. The van der Waals surface area contributed by atoms with Crippen molar-refractivity contribution in [3.63, 3.8) is 0 Å². The van der Waals surface area contributed by atoms with Gasteiger partial charge in [-0.25, -0.2) is 0 Å². The maximum atomic E-state index is 11.9. The van der Waals surface area contributed by atoms with Crippen LogP contribution in [-0.4, -0.2) is 16.5 Å². The Labute approximate surface area is 173 Å². The summed E-state index contributed by atoms with van der Waals surface area (Å²) in [7, 11) is 0. The van der Waals surface area contributed by atoms with Crippen LogP contribution in [-0.2, 0) is 4.79 Å². The molecule has 3 fully saturated rings. The fourth-order valence-electron chi connectivity index (χ4n) is 7.19. The third-order valence-electron chi connectivity index (χ3n) is 8.75. The van der Waals surface area contributed by atoms with Gasteiger partial charge in [0.2, 0.25) is 0 Å². The molecule has 152 valence electrons. The summed E-state index contributed by atoms with van der Waals surface area (Å²) in [6, 6.07) is 7.60. The number of aliphatic hydroxyl groups is 1. The molecule has 1 aromatic rings. The van der Waals surface area contributed by atoms with Crippen LogP contribution in [0.2, 0.25) is 0 Å². The highest BCUT2D eigenvalue weighted by molar-refractivity contribution is 5.91. The number of anilines is 1. The minimum atomic E-state index is -0.925. The van der Waals surface area contributed by atoms with Gasteiger partial charge in [-0.3, -0.25) is 4.79 Å². The molecule has 0 heterocycles. The number of nitrogen functional groups attached to an aromatic ring is 1. The largest absolute Gasteiger partial charge is 0.399 e. The van der Waals surface area contributed by atoms with E-state index in [1.54, 1.807) is 0 Å². The van der Waals surface area contributed by atoms with Gasteiger partial charge in [0.05, 0.1) is 0 Å². The van der Waals surface area contributed by atoms with Crippen LogP contribution in [0, 0.1) is 40.9 Å². The van der Waals surface area contributed by atoms with E-state index >= 15 is 0 Å². The Bertz CT molecular complexity index is 938. The second-order valence-corrected chi connectivity index (χ2v) is 10.0. The maximum Gasteiger partial charge on any atom is 0.155 e. The summed E-state index contributed by atoms with van der Waals surface area (Å²) in [6.07, 6.45) is 9.94. The zero-order chi connectivity index (χ0) is 20.2. The lowest BCUT2D eigenvalue weighted by atomic mass is 9.50. The lowest BCUT2D eigenvalue weighted by Gasteiger charge is -2.54. The van der Waals surface area contributed by atoms with E-state index in [0.717, 1.165) is 50.5 Å². The summed E-state index contributed by atoms with van der Waals surface area (Å²) in [4.78, 5) is 11.9. The SMILES string of the molecule is C[C@]12CC[C@@H]3[C@@H](CCC4=CC(=O)CC[C@@H]43)[C@H]1CC[C@]2(O)C#Cc1cccc(N)c1. The number of hydrogen-bond donors (Lipinski definition) is 2. The standard InChI is InChI=1S/C26H31NO2/c1-25-12-10-22-21-8-6-20(28)16-18(21)5-7-23(22)24(25)11-14-26(25,29)13-9-17-3-2-4-19(27)15-17/h2-4,15-16,21-24,29H,5-8,10-12,14,27H2,1H3/t21-,22-,23+,24+,25-,26+/m0/s1. The van der Waals surface area contributed by atoms with E-state index in [0.29, 0.717) is 35.1 Å². The number of allylic oxidation sites excluding steroid dienone is 1. The highest BCUT2D eigenvalue weighted by Gasteiger charge is 2.62. The molecule has 3 heteroatoms. The average Bonchev–Trinajstić information content (AvgIpc) is 2.97. The van der Waals surface area contributed by atoms with Crippen molar-refractivity contribution < 1.29 is 9.90 Å². The molecule has 4 aliphatic rings. The van der Waals surface area contributed by atoms with Crippen molar-refractivity contribution in [1.29, 1.82) is 0 Å². The minimum absolute atomic E-state index is 0.146. The van der Waals surface area contributed by atoms with Gasteiger partial charge in [-0.2, -0.15) is 0 Å². The highest BCUT2D eigenvalue weighted by atomic mass is 16.3. The lowest BCUT2D eigenvalue weighted by Crippen LogP contribution is -2.52. The van der Waals surface area contributed by atoms with Crippen LogP contribution in [0.4, 0.5) is 5.69 Å². The quantitative estimate of drug-likeness (QED) is 0.507. The Balaban J connectivity index is 1.42. The predicted octanol–water partition coefficient (Wildman–Crippen LogP) is 4.49. The third kappa shape index (κ3) is 2.96. The molecule has 0 amide bonds. The molecule has 0 aliphatic heterocycles. The first-order chi connectivity index (χ1) is 13.9. The van der Waals surface area contributed by atoms with E-state index in [4.69, 9.17) is 5.73 Å². The number of ketones is 1. The van der Waals surface area contributed by atoms with Gasteiger partial charge in [0.1, 0.15) is 5.60 Å². The van der Waals surface area contributed by atoms with Crippen LogP contribution in [0.25, 0.3) is 0 Å². The molecule has 0 aromatic heterocycles. The number of carbonyl (C=O) groups is 1. The summed E-state index contributed by atoms with van der Waals surface area (Å²) in [6.45, 7) is 2.28. The van der Waals surface area contributed by atoms with Crippen LogP contribution in [0.5, 0.6) is 0 Å². The lowest BCUT2D eigenvalue weighted by molar-refractivity contribution is -0.116. The van der Waals surface area contributed by atoms with Crippen LogP contribution in [0.3, 0.4) is 0 Å². The van der Waals surface area contributed by atoms with Gasteiger partial charge >= 0.3 is 0 Å². The smallest absolute Gasteiger partial charge is 0.155 e. The summed E-state index contributed by atoms with van der Waals surface area (Å²) in [5.74, 6) is 9.31. The number of carbonyl (C=O) groups excluding carboxylic acids is 1. The zero-order valence-corrected chi connectivity index (χ0v) is 17.3. The Morgan fingerprint density at radius 3 is 2.79 bits per heavy atom. The Morgan fingerprint density at radius 2 is 1.97 bits per heavy atom. The average molecular weight is 390 g/mol. The zero-order valence-electron chi connectivity index (χ0n) is 17.3. The molecule has 0 spiro atoms. The molecule has 0 radical (unpaired) electrons. The van der Waals surface area contributed by atoms with E-state index in [1.165, 1.54) is 12.0 Å². The van der Waals surface area contributed by atoms with Gasteiger partial charge in [-0.05, 0) is 92.9 Å². The van der Waals surface area contributed by atoms with Crippen LogP contribution in [0.15, 0.2) is 35.9 Å². The maximum absolute atomic E-state index is 11.9. The number of hydrogen-bond acceptors (Lipinski definition) is 3. The van der Waals surface area contributed by atoms with Gasteiger partial charge in [0.25, 0.3) is 0 Å². The van der Waals surface area contributed by atoms with Gasteiger partial charge in [-0.15, -0.1) is 0 Å². The Hall–Kier alpha value is -2.05. The van der Waals surface area contributed by atoms with Crippen molar-refractivity contribution >= 4 is 11.5 Å². The summed E-state index contributed by atoms with van der Waals surface area (Å²) < 4.78 is 0. The van der Waals surface area contributed by atoms with E-state index in [9.17, 15) is 9.90 Å². The number of nitrogens with two attached hydrogens (primary N) is 1. The van der Waals surface area contributed by atoms with Gasteiger partial charge in [-0.1, -0.05) is 30.4 Å². The number of benzene rings is 1. The second-order valence-electron chi connectivity index (χ2n) is 10.0. The molecule has 3 nitrogen and oxygen atoms in total. The van der Waals surface area contributed by atoms with E-state index in [2.05, 4.69) is 18.8 Å². The molecular formula is C26H31NO2. The van der Waals surface area contributed by atoms with Crippen LogP contribution < -0.4 is 5.73 Å². The van der Waals surface area contributed by atoms with Crippen molar-refractivity contribution in [3.05, 3.63) is 41.5 Å². The molecule has 1 aromatic carbocycles. The molecule has 0 saturated heterocycles. The topological polar surface area (TPSA) is 63.3 Å². The van der Waals surface area contributed by atoms with Gasteiger partial charge < -0.3 is 10.8 Å². The molecular weight excluding hydrogens is 358 g/mol. The predicted molar refractivity (Wildman–Crippen MR) is 115 cm³/mol. The Morgan fingerprint density at radius 1 is 1.10 bits per heavy atom. The summed E-state index contributed by atoms with van der Waals surface area (Å²) >= 11 is 0. The molecule has 4 aliphatic carbocycles. The van der Waals surface area contributed by atoms with Crippen LogP contribution >= 0.6 is 0 Å². The van der Waals surface area contributed by atoms with Crippen molar-refractivity contribution in [2.45, 2.75) is 63.9 Å². The van der Waals surface area contributed by atoms with E-state index in [1.807, 2.05) is 30.3 Å². The fraction of sp³-hybridized carbons (Fsp3) is 0.577. The first-order valence-corrected chi connectivity index (χ1v) is 11.2. The third-order valence-corrected chi connectivity index (χ3v) is 8.75. The highest BCUT2D eigenvalue weighted by Crippen LogP contribution is 2.64. The van der Waals surface area contributed by atoms with Crippen molar-refractivity contribution in [3.8, 4) is 11.8 Å². The number of rotatable bonds is 0. The van der Waals surface area contributed by atoms with Gasteiger partial charge in [0.15, 0.2) is 5.78 Å². The van der Waals surface area contributed by atoms with Crippen LogP contribution in [0.1, 0.15) is 63.9 Å². The van der Waals surface area contributed by atoms with Gasteiger partial charge in [0, 0.05) is 23.1 Å². The van der Waals surface area contributed by atoms with E-state index < -0.39 is 5.60 Å². The summed E-state index contributed by atoms with van der Waals surface area (Å²) in [5, 5.41) is 11.7.